The third kappa shape index (κ3) is 3.14. The van der Waals surface area contributed by atoms with Crippen molar-refractivity contribution in [3.8, 4) is 11.5 Å². The van der Waals surface area contributed by atoms with Gasteiger partial charge in [-0.1, -0.05) is 6.07 Å². The highest BCUT2D eigenvalue weighted by Gasteiger charge is 2.32. The maximum absolute atomic E-state index is 12.9. The van der Waals surface area contributed by atoms with Gasteiger partial charge in [0.1, 0.15) is 11.5 Å². The quantitative estimate of drug-likeness (QED) is 0.405. The molecule has 0 radical (unpaired) electrons. The molecule has 1 fully saturated rings. The number of phenolic OH excluding ortho intramolecular Hbond substituents is 1. The topological polar surface area (TPSA) is 104 Å². The minimum absolute atomic E-state index is 0.152. The Morgan fingerprint density at radius 3 is 2.86 bits per heavy atom. The number of carbonyl (C=O) groups is 1. The Balaban J connectivity index is 1.50. The van der Waals surface area contributed by atoms with Crippen molar-refractivity contribution in [1.29, 1.82) is 0 Å². The predicted octanol–water partition coefficient (Wildman–Crippen LogP) is 2.48. The summed E-state index contributed by atoms with van der Waals surface area (Å²) >= 11 is 0. The fraction of sp³-hybridized carbons (Fsp3) is 0.227. The predicted molar refractivity (Wildman–Crippen MR) is 112 cm³/mol. The number of nitrogens with two attached hydrogens (primary N) is 1. The zero-order valence-electron chi connectivity index (χ0n) is 15.9. The largest absolute Gasteiger partial charge is 0.507 e. The summed E-state index contributed by atoms with van der Waals surface area (Å²) in [5.41, 5.74) is 9.41. The second-order valence-corrected chi connectivity index (χ2v) is 7.45. The number of nitrogen functional groups attached to an aromatic ring is 1. The Labute approximate surface area is 167 Å². The average molecular weight is 390 g/mol. The van der Waals surface area contributed by atoms with Crippen LogP contribution in [0, 0.1) is 0 Å². The number of aromatic nitrogens is 1. The van der Waals surface area contributed by atoms with Crippen LogP contribution >= 0.6 is 0 Å². The van der Waals surface area contributed by atoms with E-state index < -0.39 is 0 Å². The van der Waals surface area contributed by atoms with Crippen molar-refractivity contribution in [2.75, 3.05) is 31.9 Å². The normalized spacial score (nSPS) is 18.3. The molecule has 0 aliphatic carbocycles. The van der Waals surface area contributed by atoms with Crippen LogP contribution in [0.3, 0.4) is 0 Å². The Morgan fingerprint density at radius 2 is 2.03 bits per heavy atom. The number of benzene rings is 2. The number of carbonyl (C=O) groups excluding carboxylic acids is 1. The van der Waals surface area contributed by atoms with Gasteiger partial charge in [-0.25, -0.2) is 0 Å². The lowest BCUT2D eigenvalue weighted by atomic mass is 10.0. The van der Waals surface area contributed by atoms with E-state index in [0.29, 0.717) is 29.1 Å². The van der Waals surface area contributed by atoms with E-state index in [1.165, 1.54) is 0 Å². The number of nitrogens with one attached hydrogen (secondary N) is 2. The number of fused-ring (bicyclic) bond motifs is 2. The standard InChI is InChI=1S/C22H22N4O3/c23-14-1-2-15-13(11-25-18(15)10-14)9-20-21(28)16-3-4-19(27)17(22(16)29-20)12-26-7-5-24-6-8-26/h1-4,9-11,24-25,27H,5-8,12,23H2. The van der Waals surface area contributed by atoms with Crippen LogP contribution in [0.25, 0.3) is 17.0 Å². The first-order valence-electron chi connectivity index (χ1n) is 9.69. The number of phenols is 1. The lowest BCUT2D eigenvalue weighted by molar-refractivity contribution is 0.101. The Hall–Kier alpha value is -3.29. The van der Waals surface area contributed by atoms with Crippen LogP contribution in [0.5, 0.6) is 11.5 Å². The number of nitrogens with zero attached hydrogens (tertiary/aromatic N) is 1. The molecule has 0 spiro atoms. The van der Waals surface area contributed by atoms with Crippen molar-refractivity contribution in [3.05, 3.63) is 59.0 Å². The van der Waals surface area contributed by atoms with E-state index in [-0.39, 0.29) is 17.3 Å². The van der Waals surface area contributed by atoms with E-state index in [1.54, 1.807) is 18.2 Å². The van der Waals surface area contributed by atoms with Crippen LogP contribution in [0.2, 0.25) is 0 Å². The number of allylic oxidation sites excluding steroid dienone is 1. The van der Waals surface area contributed by atoms with E-state index in [2.05, 4.69) is 15.2 Å². The second-order valence-electron chi connectivity index (χ2n) is 7.45. The molecule has 0 atom stereocenters. The number of ketones is 1. The molecule has 7 heteroatoms. The zero-order valence-corrected chi connectivity index (χ0v) is 15.9. The van der Waals surface area contributed by atoms with E-state index >= 15 is 0 Å². The molecule has 3 aromatic rings. The van der Waals surface area contributed by atoms with Gasteiger partial charge < -0.3 is 25.9 Å². The fourth-order valence-electron chi connectivity index (χ4n) is 3.97. The van der Waals surface area contributed by atoms with E-state index in [9.17, 15) is 9.90 Å². The molecule has 2 aromatic carbocycles. The zero-order chi connectivity index (χ0) is 20.0. The molecule has 5 N–H and O–H groups in total. The number of Topliss-reactive ketones (excluding diaryl/α,β-unsaturated/α-hetero) is 1. The number of anilines is 1. The third-order valence-electron chi connectivity index (χ3n) is 5.53. The lowest BCUT2D eigenvalue weighted by Crippen LogP contribution is -2.42. The van der Waals surface area contributed by atoms with Crippen LogP contribution in [0.15, 0.2) is 42.3 Å². The van der Waals surface area contributed by atoms with Gasteiger partial charge in [-0.05, 0) is 30.3 Å². The number of hydrogen-bond acceptors (Lipinski definition) is 6. The minimum Gasteiger partial charge on any atom is -0.507 e. The Morgan fingerprint density at radius 1 is 1.21 bits per heavy atom. The maximum atomic E-state index is 12.9. The molecule has 1 aromatic heterocycles. The highest BCUT2D eigenvalue weighted by atomic mass is 16.5. The highest BCUT2D eigenvalue weighted by Crippen LogP contribution is 2.40. The number of aromatic amines is 1. The molecule has 3 heterocycles. The van der Waals surface area contributed by atoms with E-state index in [0.717, 1.165) is 42.6 Å². The lowest BCUT2D eigenvalue weighted by Gasteiger charge is -2.27. The molecule has 0 unspecified atom stereocenters. The molecule has 7 nitrogen and oxygen atoms in total. The molecule has 0 saturated carbocycles. The number of piperazine rings is 1. The number of hydrogen-bond donors (Lipinski definition) is 4. The molecule has 0 bridgehead atoms. The van der Waals surface area contributed by atoms with Gasteiger partial charge in [0.2, 0.25) is 5.78 Å². The van der Waals surface area contributed by atoms with Crippen molar-refractivity contribution < 1.29 is 14.6 Å². The van der Waals surface area contributed by atoms with Crippen molar-refractivity contribution in [3.63, 3.8) is 0 Å². The number of ether oxygens (including phenoxy) is 1. The van der Waals surface area contributed by atoms with Crippen LogP contribution in [0.4, 0.5) is 5.69 Å². The van der Waals surface area contributed by atoms with Crippen molar-refractivity contribution in [1.82, 2.24) is 15.2 Å². The van der Waals surface area contributed by atoms with Gasteiger partial charge >= 0.3 is 0 Å². The first-order valence-corrected chi connectivity index (χ1v) is 9.69. The van der Waals surface area contributed by atoms with Gasteiger partial charge in [-0.2, -0.15) is 0 Å². The maximum Gasteiger partial charge on any atom is 0.231 e. The summed E-state index contributed by atoms with van der Waals surface area (Å²) < 4.78 is 5.99. The molecule has 0 amide bonds. The Kier molecular flexibility index (Phi) is 4.26. The molecule has 2 aliphatic rings. The molecule has 29 heavy (non-hydrogen) atoms. The van der Waals surface area contributed by atoms with E-state index in [1.807, 2.05) is 24.4 Å². The first-order chi connectivity index (χ1) is 14.1. The molecule has 148 valence electrons. The van der Waals surface area contributed by atoms with Crippen LogP contribution < -0.4 is 15.8 Å². The van der Waals surface area contributed by atoms with Gasteiger partial charge in [0.25, 0.3) is 0 Å². The van der Waals surface area contributed by atoms with E-state index in [4.69, 9.17) is 10.5 Å². The Bertz CT molecular complexity index is 1140. The third-order valence-corrected chi connectivity index (χ3v) is 5.53. The van der Waals surface area contributed by atoms with Gasteiger partial charge in [0.15, 0.2) is 5.76 Å². The fourth-order valence-corrected chi connectivity index (χ4v) is 3.97. The van der Waals surface area contributed by atoms with Crippen molar-refractivity contribution in [2.45, 2.75) is 6.54 Å². The van der Waals surface area contributed by atoms with Crippen LogP contribution in [0.1, 0.15) is 21.5 Å². The summed E-state index contributed by atoms with van der Waals surface area (Å²) in [5.74, 6) is 0.694. The summed E-state index contributed by atoms with van der Waals surface area (Å²) in [6.45, 7) is 4.14. The van der Waals surface area contributed by atoms with Gasteiger partial charge in [-0.15, -0.1) is 0 Å². The number of rotatable bonds is 3. The molecule has 1 saturated heterocycles. The summed E-state index contributed by atoms with van der Waals surface area (Å²) in [4.78, 5) is 18.4. The minimum atomic E-state index is -0.175. The van der Waals surface area contributed by atoms with Gasteiger partial charge in [-0.3, -0.25) is 9.69 Å². The van der Waals surface area contributed by atoms with Crippen LogP contribution in [-0.4, -0.2) is 47.0 Å². The SMILES string of the molecule is Nc1ccc2c(C=C3Oc4c(ccc(O)c4CN4CCNCC4)C3=O)c[nH]c2c1. The van der Waals surface area contributed by atoms with Crippen molar-refractivity contribution in [2.24, 2.45) is 0 Å². The molecular weight excluding hydrogens is 368 g/mol. The van der Waals surface area contributed by atoms with Gasteiger partial charge in [0.05, 0.1) is 11.1 Å². The molecule has 5 rings (SSSR count). The summed E-state index contributed by atoms with van der Waals surface area (Å²) in [5, 5.41) is 14.7. The first kappa shape index (κ1) is 17.8. The molecule has 2 aliphatic heterocycles. The smallest absolute Gasteiger partial charge is 0.231 e. The summed E-state index contributed by atoms with van der Waals surface area (Å²) in [6.07, 6.45) is 3.57. The molecular formula is C22H22N4O3. The van der Waals surface area contributed by atoms with Crippen molar-refractivity contribution >= 4 is 28.4 Å². The summed E-state index contributed by atoms with van der Waals surface area (Å²) in [7, 11) is 0. The highest BCUT2D eigenvalue weighted by molar-refractivity contribution is 6.15. The van der Waals surface area contributed by atoms with Crippen LogP contribution in [-0.2, 0) is 6.54 Å². The number of H-pyrrole nitrogens is 1. The second kappa shape index (κ2) is 6.95. The van der Waals surface area contributed by atoms with Gasteiger partial charge in [0, 0.05) is 61.1 Å². The monoisotopic (exact) mass is 390 g/mol. The summed E-state index contributed by atoms with van der Waals surface area (Å²) in [6, 6.07) is 8.81. The number of aromatic hydroxyl groups is 1. The average Bonchev–Trinajstić information content (AvgIpc) is 3.26.